The van der Waals surface area contributed by atoms with Crippen molar-refractivity contribution in [2.45, 2.75) is 32.9 Å². The van der Waals surface area contributed by atoms with Crippen LogP contribution in [-0.2, 0) is 24.3 Å². The first kappa shape index (κ1) is 18.7. The number of pyridine rings is 1. The molecule has 0 spiro atoms. The average Bonchev–Trinajstić information content (AvgIpc) is 3.21. The van der Waals surface area contributed by atoms with Gasteiger partial charge in [0.25, 0.3) is 0 Å². The van der Waals surface area contributed by atoms with Crippen LogP contribution in [0.25, 0.3) is 0 Å². The highest BCUT2D eigenvalue weighted by Crippen LogP contribution is 2.20. The maximum atomic E-state index is 12.9. The van der Waals surface area contributed by atoms with Crippen LogP contribution in [0.15, 0.2) is 71.6 Å². The number of amides is 1. The fourth-order valence-electron chi connectivity index (χ4n) is 2.94. The van der Waals surface area contributed by atoms with Gasteiger partial charge >= 0.3 is 0 Å². The third-order valence-electron chi connectivity index (χ3n) is 4.26. The summed E-state index contributed by atoms with van der Waals surface area (Å²) >= 11 is 0. The number of hydrogen-bond acceptors (Lipinski definition) is 4. The summed E-state index contributed by atoms with van der Waals surface area (Å²) in [6.45, 7) is 3.51. The molecule has 1 amide bonds. The molecule has 5 heteroatoms. The van der Waals surface area contributed by atoms with Crippen molar-refractivity contribution in [3.63, 3.8) is 0 Å². The normalized spacial score (nSPS) is 10.6. The van der Waals surface area contributed by atoms with E-state index in [-0.39, 0.29) is 5.91 Å². The van der Waals surface area contributed by atoms with Gasteiger partial charge in [-0.05, 0) is 48.7 Å². The molecule has 5 nitrogen and oxygen atoms in total. The largest absolute Gasteiger partial charge is 0.494 e. The maximum absolute atomic E-state index is 12.9. The van der Waals surface area contributed by atoms with Gasteiger partial charge in [-0.1, -0.05) is 24.3 Å². The molecule has 140 valence electrons. The van der Waals surface area contributed by atoms with E-state index in [4.69, 9.17) is 9.15 Å². The number of nitrogens with zero attached hydrogens (tertiary/aromatic N) is 2. The van der Waals surface area contributed by atoms with Gasteiger partial charge < -0.3 is 14.1 Å². The van der Waals surface area contributed by atoms with E-state index in [0.717, 1.165) is 22.6 Å². The van der Waals surface area contributed by atoms with Gasteiger partial charge in [0.05, 0.1) is 19.4 Å². The number of ether oxygens (including phenoxy) is 1. The van der Waals surface area contributed by atoms with Crippen molar-refractivity contribution in [2.75, 3.05) is 6.61 Å². The van der Waals surface area contributed by atoms with Gasteiger partial charge in [-0.15, -0.1) is 0 Å². The minimum absolute atomic E-state index is 0.0709. The summed E-state index contributed by atoms with van der Waals surface area (Å²) in [6.07, 6.45) is 6.18. The van der Waals surface area contributed by atoms with E-state index >= 15 is 0 Å². The van der Waals surface area contributed by atoms with Crippen molar-refractivity contribution in [1.82, 2.24) is 9.88 Å². The smallest absolute Gasteiger partial charge is 0.223 e. The van der Waals surface area contributed by atoms with Crippen LogP contribution in [0, 0.1) is 0 Å². The molecule has 3 rings (SSSR count). The van der Waals surface area contributed by atoms with E-state index in [1.54, 1.807) is 23.6 Å². The van der Waals surface area contributed by atoms with Crippen LogP contribution in [0.5, 0.6) is 5.75 Å². The first-order valence-corrected chi connectivity index (χ1v) is 9.16. The molecule has 0 aliphatic heterocycles. The highest BCUT2D eigenvalue weighted by Gasteiger charge is 2.17. The number of para-hydroxylation sites is 1. The van der Waals surface area contributed by atoms with Crippen LogP contribution in [-0.4, -0.2) is 22.4 Å². The fourth-order valence-corrected chi connectivity index (χ4v) is 2.94. The second-order valence-electron chi connectivity index (χ2n) is 6.23. The lowest BCUT2D eigenvalue weighted by molar-refractivity contribution is -0.132. The molecular formula is C22H24N2O3. The number of hydrogen-bond donors (Lipinski definition) is 0. The summed E-state index contributed by atoms with van der Waals surface area (Å²) in [7, 11) is 0. The lowest BCUT2D eigenvalue weighted by atomic mass is 10.1. The van der Waals surface area contributed by atoms with E-state index in [9.17, 15) is 4.79 Å². The lowest BCUT2D eigenvalue weighted by Crippen LogP contribution is -2.30. The Morgan fingerprint density at radius 2 is 2.00 bits per heavy atom. The quantitative estimate of drug-likeness (QED) is 0.570. The zero-order valence-corrected chi connectivity index (χ0v) is 15.5. The summed E-state index contributed by atoms with van der Waals surface area (Å²) < 4.78 is 11.1. The third kappa shape index (κ3) is 5.45. The molecule has 0 N–H and O–H groups in total. The van der Waals surface area contributed by atoms with Crippen LogP contribution in [0.4, 0.5) is 0 Å². The number of aromatic nitrogens is 1. The number of carbonyl (C=O) groups excluding carboxylic acids is 1. The summed E-state index contributed by atoms with van der Waals surface area (Å²) in [5, 5.41) is 0. The second kappa shape index (κ2) is 9.57. The van der Waals surface area contributed by atoms with Crippen molar-refractivity contribution in [2.24, 2.45) is 0 Å². The minimum atomic E-state index is 0.0709. The molecule has 0 saturated heterocycles. The molecule has 3 aromatic rings. The van der Waals surface area contributed by atoms with E-state index in [2.05, 4.69) is 4.98 Å². The number of carbonyl (C=O) groups is 1. The van der Waals surface area contributed by atoms with Gasteiger partial charge in [-0.25, -0.2) is 0 Å². The molecule has 1 aromatic carbocycles. The van der Waals surface area contributed by atoms with E-state index < -0.39 is 0 Å². The summed E-state index contributed by atoms with van der Waals surface area (Å²) in [6, 6.07) is 15.4. The van der Waals surface area contributed by atoms with Crippen molar-refractivity contribution < 1.29 is 13.9 Å². The SMILES string of the molecule is CCOc1ccccc1CCC(=O)N(Cc1cccnc1)Cc1ccco1. The van der Waals surface area contributed by atoms with Crippen molar-refractivity contribution in [3.8, 4) is 5.75 Å². The fraction of sp³-hybridized carbons (Fsp3) is 0.273. The molecule has 0 aliphatic rings. The molecule has 27 heavy (non-hydrogen) atoms. The first-order valence-electron chi connectivity index (χ1n) is 9.16. The number of rotatable bonds is 9. The number of aryl methyl sites for hydroxylation is 1. The van der Waals surface area contributed by atoms with Crippen LogP contribution in [0.2, 0.25) is 0 Å². The van der Waals surface area contributed by atoms with Crippen molar-refractivity contribution in [1.29, 1.82) is 0 Å². The molecule has 0 saturated carbocycles. The van der Waals surface area contributed by atoms with Crippen molar-refractivity contribution >= 4 is 5.91 Å². The van der Waals surface area contributed by atoms with Gasteiger partial charge in [0.1, 0.15) is 11.5 Å². The Morgan fingerprint density at radius 3 is 2.74 bits per heavy atom. The topological polar surface area (TPSA) is 55.6 Å². The van der Waals surface area contributed by atoms with Gasteiger partial charge in [0, 0.05) is 25.4 Å². The summed E-state index contributed by atoms with van der Waals surface area (Å²) in [5.41, 5.74) is 2.04. The van der Waals surface area contributed by atoms with E-state index in [0.29, 0.717) is 32.5 Å². The highest BCUT2D eigenvalue weighted by molar-refractivity contribution is 5.76. The Hall–Kier alpha value is -3.08. The molecule has 0 bridgehead atoms. The molecule has 0 unspecified atom stereocenters. The molecule has 0 radical (unpaired) electrons. The van der Waals surface area contributed by atoms with Gasteiger partial charge in [-0.3, -0.25) is 9.78 Å². The maximum Gasteiger partial charge on any atom is 0.223 e. The third-order valence-corrected chi connectivity index (χ3v) is 4.26. The lowest BCUT2D eigenvalue weighted by Gasteiger charge is -2.22. The van der Waals surface area contributed by atoms with Crippen LogP contribution >= 0.6 is 0 Å². The van der Waals surface area contributed by atoms with E-state index in [1.165, 1.54) is 0 Å². The zero-order chi connectivity index (χ0) is 18.9. The minimum Gasteiger partial charge on any atom is -0.494 e. The predicted octanol–water partition coefficient (Wildman–Crippen LogP) is 4.23. The van der Waals surface area contributed by atoms with Crippen LogP contribution < -0.4 is 4.74 Å². The number of benzene rings is 1. The highest BCUT2D eigenvalue weighted by atomic mass is 16.5. The Balaban J connectivity index is 1.69. The van der Waals surface area contributed by atoms with Crippen LogP contribution in [0.1, 0.15) is 30.2 Å². The average molecular weight is 364 g/mol. The first-order chi connectivity index (χ1) is 13.3. The standard InChI is InChI=1S/C22H24N2O3/c1-2-26-21-10-4-3-8-19(21)11-12-22(25)24(17-20-9-6-14-27-20)16-18-7-5-13-23-15-18/h3-10,13-15H,2,11-12,16-17H2,1H3. The molecule has 2 aromatic heterocycles. The van der Waals surface area contributed by atoms with E-state index in [1.807, 2.05) is 55.5 Å². The second-order valence-corrected chi connectivity index (χ2v) is 6.23. The monoisotopic (exact) mass is 364 g/mol. The summed E-state index contributed by atoms with van der Waals surface area (Å²) in [5.74, 6) is 1.68. The van der Waals surface area contributed by atoms with Crippen LogP contribution in [0.3, 0.4) is 0 Å². The van der Waals surface area contributed by atoms with Crippen molar-refractivity contribution in [3.05, 3.63) is 84.1 Å². The van der Waals surface area contributed by atoms with Gasteiger partial charge in [0.2, 0.25) is 5.91 Å². The Labute approximate surface area is 159 Å². The molecular weight excluding hydrogens is 340 g/mol. The number of furan rings is 1. The Kier molecular flexibility index (Phi) is 6.63. The summed E-state index contributed by atoms with van der Waals surface area (Å²) in [4.78, 5) is 18.9. The molecule has 0 fully saturated rings. The zero-order valence-electron chi connectivity index (χ0n) is 15.5. The molecule has 0 atom stereocenters. The van der Waals surface area contributed by atoms with Gasteiger partial charge in [-0.2, -0.15) is 0 Å². The molecule has 0 aliphatic carbocycles. The van der Waals surface area contributed by atoms with Gasteiger partial charge in [0.15, 0.2) is 0 Å². The Bertz CT molecular complexity index is 832. The predicted molar refractivity (Wildman–Crippen MR) is 103 cm³/mol. The Morgan fingerprint density at radius 1 is 1.11 bits per heavy atom. The molecule has 2 heterocycles.